The fourth-order valence-electron chi connectivity index (χ4n) is 1.81. The van der Waals surface area contributed by atoms with E-state index in [1.165, 1.54) is 6.07 Å². The first kappa shape index (κ1) is 11.5. The summed E-state index contributed by atoms with van der Waals surface area (Å²) in [5, 5.41) is 1.16. The summed E-state index contributed by atoms with van der Waals surface area (Å²) in [6.07, 6.45) is -0.694. The van der Waals surface area contributed by atoms with Crippen LogP contribution in [0.15, 0.2) is 49.1 Å². The zero-order valence-corrected chi connectivity index (χ0v) is 8.88. The van der Waals surface area contributed by atoms with Crippen LogP contribution < -0.4 is 0 Å². The van der Waals surface area contributed by atoms with E-state index in [0.29, 0.717) is 10.8 Å². The first-order valence-electron chi connectivity index (χ1n) is 5.00. The van der Waals surface area contributed by atoms with E-state index in [9.17, 15) is 13.2 Å². The molecule has 0 aliphatic heterocycles. The third-order valence-corrected chi connectivity index (χ3v) is 2.58. The largest absolute Gasteiger partial charge is 0.306 e. The second-order valence-corrected chi connectivity index (χ2v) is 3.53. The van der Waals surface area contributed by atoms with Crippen LogP contribution in [0.4, 0.5) is 13.2 Å². The molecule has 0 heterocycles. The van der Waals surface area contributed by atoms with E-state index >= 15 is 0 Å². The number of rotatable bonds is 2. The molecule has 0 fully saturated rings. The predicted molar refractivity (Wildman–Crippen MR) is 64.3 cm³/mol. The number of halogens is 3. The molecule has 3 heteroatoms. The highest BCUT2D eigenvalue weighted by Gasteiger charge is 2.12. The molecule has 0 nitrogen and oxygen atoms in total. The summed E-state index contributed by atoms with van der Waals surface area (Å²) >= 11 is 0. The highest BCUT2D eigenvalue weighted by atomic mass is 19.3. The van der Waals surface area contributed by atoms with E-state index in [4.69, 9.17) is 0 Å². The first-order chi connectivity index (χ1) is 8.15. The smallest absolute Gasteiger partial charge is 0.200 e. The van der Waals surface area contributed by atoms with Crippen molar-refractivity contribution in [2.24, 2.45) is 0 Å². The average Bonchev–Trinajstić information content (AvgIpc) is 2.36. The standard InChI is InChI=1S/C14H9F3/c1-2-9-5-3-7-11-10(9)6-4-8-12(11)13(15)14(16)17/h2-8H,1H2. The van der Waals surface area contributed by atoms with Crippen LogP contribution in [0, 0.1) is 0 Å². The van der Waals surface area contributed by atoms with E-state index < -0.39 is 11.9 Å². The minimum atomic E-state index is -2.30. The number of benzene rings is 2. The van der Waals surface area contributed by atoms with Crippen molar-refractivity contribution in [3.63, 3.8) is 0 Å². The summed E-state index contributed by atoms with van der Waals surface area (Å²) in [6.45, 7) is 3.64. The van der Waals surface area contributed by atoms with Gasteiger partial charge in [0.2, 0.25) is 0 Å². The summed E-state index contributed by atoms with van der Waals surface area (Å²) in [7, 11) is 0. The molecular weight excluding hydrogens is 225 g/mol. The summed E-state index contributed by atoms with van der Waals surface area (Å²) in [5.41, 5.74) is 0.697. The van der Waals surface area contributed by atoms with E-state index in [1.807, 2.05) is 0 Å². The van der Waals surface area contributed by atoms with Crippen molar-refractivity contribution in [2.45, 2.75) is 0 Å². The van der Waals surface area contributed by atoms with Crippen molar-refractivity contribution in [1.29, 1.82) is 0 Å². The average molecular weight is 234 g/mol. The third-order valence-electron chi connectivity index (χ3n) is 2.58. The van der Waals surface area contributed by atoms with Crippen LogP contribution in [0.25, 0.3) is 22.7 Å². The van der Waals surface area contributed by atoms with Crippen LogP contribution in [0.5, 0.6) is 0 Å². The van der Waals surface area contributed by atoms with E-state index in [0.717, 1.165) is 5.56 Å². The van der Waals surface area contributed by atoms with Crippen molar-refractivity contribution in [2.75, 3.05) is 0 Å². The Morgan fingerprint density at radius 1 is 0.941 bits per heavy atom. The van der Waals surface area contributed by atoms with Crippen molar-refractivity contribution in [3.8, 4) is 0 Å². The number of hydrogen-bond donors (Lipinski definition) is 0. The quantitative estimate of drug-likeness (QED) is 0.684. The Balaban J connectivity index is 2.84. The molecular formula is C14H9F3. The molecule has 86 valence electrons. The molecule has 0 atom stereocenters. The Kier molecular flexibility index (Phi) is 3.00. The lowest BCUT2D eigenvalue weighted by molar-refractivity contribution is 0.410. The molecule has 2 aromatic rings. The minimum absolute atomic E-state index is 0.0915. The number of fused-ring (bicyclic) bond motifs is 1. The van der Waals surface area contributed by atoms with Gasteiger partial charge in [-0.15, -0.1) is 0 Å². The molecule has 0 amide bonds. The van der Waals surface area contributed by atoms with Gasteiger partial charge in [-0.1, -0.05) is 49.1 Å². The molecule has 2 rings (SSSR count). The molecule has 0 radical (unpaired) electrons. The van der Waals surface area contributed by atoms with Crippen molar-refractivity contribution < 1.29 is 13.2 Å². The molecule has 0 aromatic heterocycles. The van der Waals surface area contributed by atoms with Gasteiger partial charge in [0.25, 0.3) is 0 Å². The second-order valence-electron chi connectivity index (χ2n) is 3.53. The Morgan fingerprint density at radius 3 is 2.24 bits per heavy atom. The van der Waals surface area contributed by atoms with Crippen LogP contribution in [-0.4, -0.2) is 0 Å². The van der Waals surface area contributed by atoms with Gasteiger partial charge >= 0.3 is 6.08 Å². The SMILES string of the molecule is C=Cc1cccc2c(C(F)=C(F)F)cccc12. The second kappa shape index (κ2) is 4.45. The zero-order chi connectivity index (χ0) is 12.4. The Morgan fingerprint density at radius 2 is 1.59 bits per heavy atom. The highest BCUT2D eigenvalue weighted by molar-refractivity contribution is 5.97. The van der Waals surface area contributed by atoms with E-state index in [1.54, 1.807) is 36.4 Å². The fourth-order valence-corrected chi connectivity index (χ4v) is 1.81. The fraction of sp³-hybridized carbons (Fsp3) is 0. The molecule has 0 N–H and O–H groups in total. The lowest BCUT2D eigenvalue weighted by Gasteiger charge is -2.06. The van der Waals surface area contributed by atoms with Crippen LogP contribution in [0.2, 0.25) is 0 Å². The minimum Gasteiger partial charge on any atom is -0.200 e. The third kappa shape index (κ3) is 1.96. The maximum Gasteiger partial charge on any atom is 0.306 e. The summed E-state index contributed by atoms with van der Waals surface area (Å²) in [6, 6.07) is 9.73. The van der Waals surface area contributed by atoms with Gasteiger partial charge in [-0.2, -0.15) is 8.78 Å². The van der Waals surface area contributed by atoms with Gasteiger partial charge in [-0.05, 0) is 16.3 Å². The van der Waals surface area contributed by atoms with E-state index in [-0.39, 0.29) is 5.56 Å². The zero-order valence-electron chi connectivity index (χ0n) is 8.88. The van der Waals surface area contributed by atoms with Crippen LogP contribution in [0.3, 0.4) is 0 Å². The summed E-state index contributed by atoms with van der Waals surface area (Å²) < 4.78 is 37.9. The number of hydrogen-bond acceptors (Lipinski definition) is 0. The Labute approximate surface area is 96.7 Å². The predicted octanol–water partition coefficient (Wildman–Crippen LogP) is 5.02. The molecule has 0 spiro atoms. The maximum absolute atomic E-state index is 13.3. The van der Waals surface area contributed by atoms with Gasteiger partial charge in [0.1, 0.15) is 0 Å². The topological polar surface area (TPSA) is 0 Å². The molecule has 2 aromatic carbocycles. The normalized spacial score (nSPS) is 10.3. The van der Waals surface area contributed by atoms with Gasteiger partial charge in [0.05, 0.1) is 0 Å². The Hall–Kier alpha value is -2.03. The van der Waals surface area contributed by atoms with Crippen LogP contribution in [0.1, 0.15) is 11.1 Å². The van der Waals surface area contributed by atoms with Gasteiger partial charge < -0.3 is 0 Å². The van der Waals surface area contributed by atoms with Crippen molar-refractivity contribution in [3.05, 3.63) is 60.2 Å². The highest BCUT2D eigenvalue weighted by Crippen LogP contribution is 2.30. The van der Waals surface area contributed by atoms with Gasteiger partial charge in [0, 0.05) is 5.56 Å². The summed E-state index contributed by atoms with van der Waals surface area (Å²) in [5.74, 6) is -1.48. The molecule has 17 heavy (non-hydrogen) atoms. The molecule has 0 aliphatic carbocycles. The Bertz CT molecular complexity index is 608. The molecule has 0 saturated carbocycles. The summed E-state index contributed by atoms with van der Waals surface area (Å²) in [4.78, 5) is 0. The van der Waals surface area contributed by atoms with Crippen molar-refractivity contribution >= 4 is 22.7 Å². The molecule has 0 saturated heterocycles. The van der Waals surface area contributed by atoms with E-state index in [2.05, 4.69) is 6.58 Å². The monoisotopic (exact) mass is 234 g/mol. The first-order valence-corrected chi connectivity index (χ1v) is 5.00. The lowest BCUT2D eigenvalue weighted by atomic mass is 9.99. The van der Waals surface area contributed by atoms with Gasteiger partial charge in [-0.25, -0.2) is 4.39 Å². The van der Waals surface area contributed by atoms with Crippen LogP contribution in [-0.2, 0) is 0 Å². The van der Waals surface area contributed by atoms with Crippen LogP contribution >= 0.6 is 0 Å². The maximum atomic E-state index is 13.3. The molecule has 0 bridgehead atoms. The van der Waals surface area contributed by atoms with Crippen molar-refractivity contribution in [1.82, 2.24) is 0 Å². The lowest BCUT2D eigenvalue weighted by Crippen LogP contribution is -1.85. The molecule has 0 unspecified atom stereocenters. The van der Waals surface area contributed by atoms with Gasteiger partial charge in [0.15, 0.2) is 5.83 Å². The van der Waals surface area contributed by atoms with Gasteiger partial charge in [-0.3, -0.25) is 0 Å². The molecule has 0 aliphatic rings.